The van der Waals surface area contributed by atoms with Gasteiger partial charge in [-0.15, -0.1) is 0 Å². The molecule has 4 nitrogen and oxygen atoms in total. The number of carbonyl (C=O) groups is 1. The first-order valence-electron chi connectivity index (χ1n) is 6.73. The van der Waals surface area contributed by atoms with Crippen molar-refractivity contribution in [1.82, 2.24) is 5.32 Å². The first kappa shape index (κ1) is 16.2. The Labute approximate surface area is 121 Å². The van der Waals surface area contributed by atoms with Crippen molar-refractivity contribution in [2.24, 2.45) is 5.41 Å². The SMILES string of the molecule is COCCC(C)(C)CNC(=O)/C=C/c1cccc(N)c1. The van der Waals surface area contributed by atoms with Gasteiger partial charge in [-0.1, -0.05) is 26.0 Å². The van der Waals surface area contributed by atoms with Crippen molar-refractivity contribution in [3.63, 3.8) is 0 Å². The van der Waals surface area contributed by atoms with Gasteiger partial charge >= 0.3 is 0 Å². The lowest BCUT2D eigenvalue weighted by Crippen LogP contribution is -2.33. The van der Waals surface area contributed by atoms with E-state index >= 15 is 0 Å². The van der Waals surface area contributed by atoms with E-state index in [0.717, 1.165) is 12.0 Å². The maximum atomic E-state index is 11.8. The van der Waals surface area contributed by atoms with Crippen molar-refractivity contribution >= 4 is 17.7 Å². The van der Waals surface area contributed by atoms with Crippen LogP contribution in [-0.4, -0.2) is 26.2 Å². The third-order valence-corrected chi connectivity index (χ3v) is 3.06. The summed E-state index contributed by atoms with van der Waals surface area (Å²) in [6, 6.07) is 7.41. The number of rotatable bonds is 7. The predicted molar refractivity (Wildman–Crippen MR) is 83.2 cm³/mol. The minimum absolute atomic E-state index is 0.0245. The molecule has 0 fully saturated rings. The largest absolute Gasteiger partial charge is 0.399 e. The van der Waals surface area contributed by atoms with Gasteiger partial charge in [-0.05, 0) is 35.6 Å². The van der Waals surface area contributed by atoms with Crippen LogP contribution in [0.15, 0.2) is 30.3 Å². The zero-order valence-electron chi connectivity index (χ0n) is 12.5. The molecule has 110 valence electrons. The van der Waals surface area contributed by atoms with Gasteiger partial charge in [-0.3, -0.25) is 4.79 Å². The standard InChI is InChI=1S/C16H24N2O2/c1-16(2,9-10-20-3)12-18-15(19)8-7-13-5-4-6-14(17)11-13/h4-8,11H,9-10,12,17H2,1-3H3,(H,18,19)/b8-7+. The zero-order valence-corrected chi connectivity index (χ0v) is 12.5. The van der Waals surface area contributed by atoms with Gasteiger partial charge in [0.25, 0.3) is 0 Å². The third kappa shape index (κ3) is 6.38. The number of amides is 1. The lowest BCUT2D eigenvalue weighted by atomic mass is 9.90. The van der Waals surface area contributed by atoms with E-state index < -0.39 is 0 Å². The third-order valence-electron chi connectivity index (χ3n) is 3.06. The first-order chi connectivity index (χ1) is 9.43. The van der Waals surface area contributed by atoms with Gasteiger partial charge in [-0.25, -0.2) is 0 Å². The maximum absolute atomic E-state index is 11.8. The van der Waals surface area contributed by atoms with E-state index in [9.17, 15) is 4.79 Å². The van der Waals surface area contributed by atoms with Crippen molar-refractivity contribution in [3.8, 4) is 0 Å². The molecular formula is C16H24N2O2. The smallest absolute Gasteiger partial charge is 0.244 e. The fourth-order valence-corrected chi connectivity index (χ4v) is 1.69. The normalized spacial score (nSPS) is 11.8. The summed E-state index contributed by atoms with van der Waals surface area (Å²) in [5, 5.41) is 2.90. The number of ether oxygens (including phenoxy) is 1. The second kappa shape index (κ2) is 7.70. The van der Waals surface area contributed by atoms with Gasteiger partial charge in [0.15, 0.2) is 0 Å². The predicted octanol–water partition coefficient (Wildman–Crippen LogP) is 2.46. The number of benzene rings is 1. The van der Waals surface area contributed by atoms with Crippen LogP contribution in [0.4, 0.5) is 5.69 Å². The molecule has 0 spiro atoms. The van der Waals surface area contributed by atoms with Crippen LogP contribution in [0.2, 0.25) is 0 Å². The van der Waals surface area contributed by atoms with E-state index in [2.05, 4.69) is 19.2 Å². The maximum Gasteiger partial charge on any atom is 0.244 e. The number of methoxy groups -OCH3 is 1. The summed E-state index contributed by atoms with van der Waals surface area (Å²) in [5.74, 6) is -0.0992. The zero-order chi connectivity index (χ0) is 15.0. The molecule has 0 atom stereocenters. The van der Waals surface area contributed by atoms with Gasteiger partial charge in [0.2, 0.25) is 5.91 Å². The lowest BCUT2D eigenvalue weighted by Gasteiger charge is -2.24. The highest BCUT2D eigenvalue weighted by molar-refractivity contribution is 5.91. The number of nitrogens with two attached hydrogens (primary N) is 1. The molecule has 20 heavy (non-hydrogen) atoms. The second-order valence-electron chi connectivity index (χ2n) is 5.63. The van der Waals surface area contributed by atoms with Gasteiger partial charge in [0, 0.05) is 32.0 Å². The molecule has 0 unspecified atom stereocenters. The van der Waals surface area contributed by atoms with Gasteiger partial charge < -0.3 is 15.8 Å². The van der Waals surface area contributed by atoms with E-state index in [1.807, 2.05) is 24.3 Å². The summed E-state index contributed by atoms with van der Waals surface area (Å²) < 4.78 is 5.06. The van der Waals surface area contributed by atoms with Crippen LogP contribution in [0.25, 0.3) is 6.08 Å². The average Bonchev–Trinajstić information content (AvgIpc) is 2.41. The molecule has 0 aliphatic heterocycles. The Bertz CT molecular complexity index is 467. The molecular weight excluding hydrogens is 252 g/mol. The van der Waals surface area contributed by atoms with Crippen LogP contribution in [0.1, 0.15) is 25.8 Å². The summed E-state index contributed by atoms with van der Waals surface area (Å²) in [6.07, 6.45) is 4.19. The molecule has 0 aliphatic rings. The minimum Gasteiger partial charge on any atom is -0.399 e. The number of hydrogen-bond donors (Lipinski definition) is 2. The van der Waals surface area contributed by atoms with Crippen LogP contribution in [-0.2, 0) is 9.53 Å². The van der Waals surface area contributed by atoms with Crippen molar-refractivity contribution in [3.05, 3.63) is 35.9 Å². The van der Waals surface area contributed by atoms with Crippen molar-refractivity contribution < 1.29 is 9.53 Å². The van der Waals surface area contributed by atoms with Gasteiger partial charge in [0.1, 0.15) is 0 Å². The minimum atomic E-state index is -0.0992. The van der Waals surface area contributed by atoms with E-state index in [1.165, 1.54) is 6.08 Å². The van der Waals surface area contributed by atoms with E-state index in [4.69, 9.17) is 10.5 Å². The number of nitrogen functional groups attached to an aromatic ring is 1. The average molecular weight is 276 g/mol. The molecule has 0 saturated heterocycles. The molecule has 0 bridgehead atoms. The quantitative estimate of drug-likeness (QED) is 0.594. The van der Waals surface area contributed by atoms with Crippen molar-refractivity contribution in [2.45, 2.75) is 20.3 Å². The monoisotopic (exact) mass is 276 g/mol. The first-order valence-corrected chi connectivity index (χ1v) is 6.73. The summed E-state index contributed by atoms with van der Waals surface area (Å²) in [6.45, 7) is 5.53. The molecule has 1 aromatic rings. The van der Waals surface area contributed by atoms with E-state index in [0.29, 0.717) is 18.8 Å². The molecule has 1 amide bonds. The van der Waals surface area contributed by atoms with Crippen LogP contribution in [0, 0.1) is 5.41 Å². The van der Waals surface area contributed by atoms with Crippen LogP contribution < -0.4 is 11.1 Å². The molecule has 3 N–H and O–H groups in total. The van der Waals surface area contributed by atoms with Crippen molar-refractivity contribution in [1.29, 1.82) is 0 Å². The molecule has 0 aromatic heterocycles. The Morgan fingerprint density at radius 3 is 2.85 bits per heavy atom. The fraction of sp³-hybridized carbons (Fsp3) is 0.438. The van der Waals surface area contributed by atoms with Crippen LogP contribution in [0.3, 0.4) is 0 Å². The number of hydrogen-bond acceptors (Lipinski definition) is 3. The Balaban J connectivity index is 2.44. The van der Waals surface area contributed by atoms with Gasteiger partial charge in [0.05, 0.1) is 0 Å². The summed E-state index contributed by atoms with van der Waals surface area (Å²) in [5.41, 5.74) is 7.31. The van der Waals surface area contributed by atoms with Gasteiger partial charge in [-0.2, -0.15) is 0 Å². The summed E-state index contributed by atoms with van der Waals surface area (Å²) in [7, 11) is 1.68. The Morgan fingerprint density at radius 2 is 2.20 bits per heavy atom. The van der Waals surface area contributed by atoms with E-state index in [-0.39, 0.29) is 11.3 Å². The lowest BCUT2D eigenvalue weighted by molar-refractivity contribution is -0.116. The topological polar surface area (TPSA) is 64.3 Å². The van der Waals surface area contributed by atoms with Crippen LogP contribution in [0.5, 0.6) is 0 Å². The highest BCUT2D eigenvalue weighted by Crippen LogP contribution is 2.18. The van der Waals surface area contributed by atoms with Crippen molar-refractivity contribution in [2.75, 3.05) is 26.0 Å². The molecule has 1 rings (SSSR count). The fourth-order valence-electron chi connectivity index (χ4n) is 1.69. The van der Waals surface area contributed by atoms with E-state index in [1.54, 1.807) is 13.2 Å². The number of carbonyl (C=O) groups excluding carboxylic acids is 1. The molecule has 0 heterocycles. The number of anilines is 1. The summed E-state index contributed by atoms with van der Waals surface area (Å²) >= 11 is 0. The Morgan fingerprint density at radius 1 is 1.45 bits per heavy atom. The number of nitrogens with one attached hydrogen (secondary N) is 1. The molecule has 0 radical (unpaired) electrons. The highest BCUT2D eigenvalue weighted by atomic mass is 16.5. The Kier molecular flexibility index (Phi) is 6.25. The molecule has 1 aromatic carbocycles. The molecule has 0 saturated carbocycles. The molecule has 0 aliphatic carbocycles. The highest BCUT2D eigenvalue weighted by Gasteiger charge is 2.17. The second-order valence-corrected chi connectivity index (χ2v) is 5.63. The molecule has 4 heteroatoms. The van der Waals surface area contributed by atoms with Crippen LogP contribution >= 0.6 is 0 Å². The Hall–Kier alpha value is -1.81. The summed E-state index contributed by atoms with van der Waals surface area (Å²) in [4.78, 5) is 11.8.